The minimum atomic E-state index is -4.64. The second kappa shape index (κ2) is 11.0. The summed E-state index contributed by atoms with van der Waals surface area (Å²) >= 11 is 0. The van der Waals surface area contributed by atoms with Gasteiger partial charge in [-0.2, -0.15) is 13.2 Å². The summed E-state index contributed by atoms with van der Waals surface area (Å²) in [5.41, 5.74) is 1.37. The van der Waals surface area contributed by atoms with Crippen LogP contribution in [0.3, 0.4) is 0 Å². The summed E-state index contributed by atoms with van der Waals surface area (Å²) in [6, 6.07) is 9.27. The number of hydrogen-bond donors (Lipinski definition) is 2. The molecule has 2 aromatic rings. The Morgan fingerprint density at radius 3 is 2.51 bits per heavy atom. The quantitative estimate of drug-likeness (QED) is 0.556. The maximum Gasteiger partial charge on any atom is 0.411 e. The van der Waals surface area contributed by atoms with Crippen LogP contribution in [0.5, 0.6) is 0 Å². The lowest BCUT2D eigenvalue weighted by Crippen LogP contribution is -2.51. The fourth-order valence-electron chi connectivity index (χ4n) is 5.08. The monoisotopic (exact) mass is 546 g/mol. The van der Waals surface area contributed by atoms with Crippen LogP contribution in [0.1, 0.15) is 35.1 Å². The van der Waals surface area contributed by atoms with E-state index < -0.39 is 42.4 Å². The molecule has 0 spiro atoms. The molecule has 0 radical (unpaired) electrons. The molecule has 9 nitrogen and oxygen atoms in total. The molecule has 0 saturated carbocycles. The van der Waals surface area contributed by atoms with Crippen LogP contribution >= 0.6 is 0 Å². The van der Waals surface area contributed by atoms with E-state index in [1.165, 1.54) is 14.1 Å². The first-order valence-corrected chi connectivity index (χ1v) is 12.4. The van der Waals surface area contributed by atoms with Gasteiger partial charge in [0, 0.05) is 38.3 Å². The predicted octanol–water partition coefficient (Wildman–Crippen LogP) is 3.75. The van der Waals surface area contributed by atoms with Gasteiger partial charge in [0.1, 0.15) is 12.6 Å². The van der Waals surface area contributed by atoms with Crippen LogP contribution in [0.25, 0.3) is 0 Å². The van der Waals surface area contributed by atoms with Crippen molar-refractivity contribution in [2.24, 2.45) is 0 Å². The Kier molecular flexibility index (Phi) is 7.84. The maximum atomic E-state index is 13.9. The lowest BCUT2D eigenvalue weighted by atomic mass is 9.97. The highest BCUT2D eigenvalue weighted by molar-refractivity contribution is 5.89. The number of likely N-dealkylation sites (N-methyl/N-ethyl adjacent to an activating group) is 1. The number of aldehydes is 1. The van der Waals surface area contributed by atoms with E-state index in [1.807, 2.05) is 0 Å². The summed E-state index contributed by atoms with van der Waals surface area (Å²) in [7, 11) is 2.70. The first-order valence-electron chi connectivity index (χ1n) is 12.4. The second-order valence-corrected chi connectivity index (χ2v) is 9.69. The number of hydrogen-bond acceptors (Lipinski definition) is 5. The van der Waals surface area contributed by atoms with E-state index >= 15 is 0 Å². The molecule has 39 heavy (non-hydrogen) atoms. The van der Waals surface area contributed by atoms with Crippen LogP contribution in [0.4, 0.5) is 28.4 Å². The third kappa shape index (κ3) is 5.84. The average Bonchev–Trinajstić information content (AvgIpc) is 3.11. The Balaban J connectivity index is 1.48. The number of rotatable bonds is 5. The van der Waals surface area contributed by atoms with E-state index in [-0.39, 0.29) is 25.8 Å². The molecule has 12 heteroatoms. The smallest absolute Gasteiger partial charge is 0.411 e. The molecule has 0 saturated heterocycles. The molecular formula is C27H29F3N4O5. The Hall–Kier alpha value is -4.09. The van der Waals surface area contributed by atoms with E-state index in [9.17, 15) is 32.3 Å². The molecule has 4 amide bonds. The van der Waals surface area contributed by atoms with E-state index in [0.717, 1.165) is 15.4 Å². The van der Waals surface area contributed by atoms with Gasteiger partial charge in [-0.25, -0.2) is 9.59 Å². The van der Waals surface area contributed by atoms with Crippen molar-refractivity contribution < 1.29 is 37.1 Å². The van der Waals surface area contributed by atoms with Crippen molar-refractivity contribution in [3.05, 3.63) is 64.7 Å². The van der Waals surface area contributed by atoms with Gasteiger partial charge in [0.05, 0.1) is 0 Å². The van der Waals surface area contributed by atoms with Crippen LogP contribution in [0.2, 0.25) is 0 Å². The lowest BCUT2D eigenvalue weighted by Gasteiger charge is -2.33. The molecule has 1 aliphatic heterocycles. The lowest BCUT2D eigenvalue weighted by molar-refractivity contribution is -0.192. The minimum absolute atomic E-state index is 0.141. The number of carbonyl (C=O) groups is 4. The summed E-state index contributed by atoms with van der Waals surface area (Å²) < 4.78 is 47.3. The summed E-state index contributed by atoms with van der Waals surface area (Å²) in [5.74, 6) is -0.884. The minimum Gasteiger partial charge on any atom is -0.430 e. The number of nitrogens with one attached hydrogen (secondary N) is 2. The van der Waals surface area contributed by atoms with Gasteiger partial charge in [-0.05, 0) is 48.1 Å². The zero-order chi connectivity index (χ0) is 28.4. The number of nitrogens with zero attached hydrogens (tertiary/aromatic N) is 2. The van der Waals surface area contributed by atoms with Crippen molar-refractivity contribution in [3.8, 4) is 0 Å². The highest BCUT2D eigenvalue weighted by Gasteiger charge is 2.47. The Labute approximate surface area is 223 Å². The topological polar surface area (TPSA) is 108 Å². The van der Waals surface area contributed by atoms with Crippen LogP contribution in [-0.4, -0.2) is 67.0 Å². The van der Waals surface area contributed by atoms with Crippen molar-refractivity contribution in [1.29, 1.82) is 0 Å². The SMILES string of the molecule is CNC(=O)Nc1ccc2c(c1)CC[C@]2(C=O)OC(=O)N(C)CC(=O)N1Cc2ccccc2CC[C@H]1C(F)(F)F. The molecule has 0 aromatic heterocycles. The summed E-state index contributed by atoms with van der Waals surface area (Å²) in [5, 5.41) is 5.06. The molecule has 2 aliphatic rings. The van der Waals surface area contributed by atoms with Gasteiger partial charge in [-0.1, -0.05) is 30.3 Å². The zero-order valence-electron chi connectivity index (χ0n) is 21.5. The molecule has 208 valence electrons. The molecule has 0 fully saturated rings. The van der Waals surface area contributed by atoms with E-state index in [1.54, 1.807) is 42.5 Å². The molecule has 0 bridgehead atoms. The Morgan fingerprint density at radius 2 is 1.85 bits per heavy atom. The fourth-order valence-corrected chi connectivity index (χ4v) is 5.08. The van der Waals surface area contributed by atoms with Crippen LogP contribution < -0.4 is 10.6 Å². The highest BCUT2D eigenvalue weighted by atomic mass is 19.4. The van der Waals surface area contributed by atoms with E-state index in [4.69, 9.17) is 4.74 Å². The molecule has 2 aromatic carbocycles. The van der Waals surface area contributed by atoms with Crippen molar-refractivity contribution in [2.75, 3.05) is 26.0 Å². The van der Waals surface area contributed by atoms with E-state index in [0.29, 0.717) is 35.1 Å². The fraction of sp³-hybridized carbons (Fsp3) is 0.407. The van der Waals surface area contributed by atoms with Gasteiger partial charge in [-0.3, -0.25) is 9.59 Å². The normalized spacial score (nSPS) is 20.2. The number of benzene rings is 2. The third-order valence-electron chi connectivity index (χ3n) is 7.18. The maximum absolute atomic E-state index is 13.9. The first-order chi connectivity index (χ1) is 18.5. The van der Waals surface area contributed by atoms with Crippen LogP contribution in [0, 0.1) is 0 Å². The zero-order valence-corrected chi connectivity index (χ0v) is 21.5. The molecule has 2 N–H and O–H groups in total. The van der Waals surface area contributed by atoms with Gasteiger partial charge >= 0.3 is 18.3 Å². The molecule has 0 unspecified atom stereocenters. The molecule has 1 aliphatic carbocycles. The van der Waals surface area contributed by atoms with Crippen molar-refractivity contribution in [1.82, 2.24) is 15.1 Å². The number of fused-ring (bicyclic) bond motifs is 2. The van der Waals surface area contributed by atoms with Crippen LogP contribution in [-0.2, 0) is 39.3 Å². The summed E-state index contributed by atoms with van der Waals surface area (Å²) in [6.45, 7) is -0.898. The molecule has 1 heterocycles. The number of ether oxygens (including phenoxy) is 1. The Bertz CT molecular complexity index is 1280. The van der Waals surface area contributed by atoms with Gasteiger partial charge in [0.25, 0.3) is 0 Å². The summed E-state index contributed by atoms with van der Waals surface area (Å²) in [6.07, 6.45) is -4.75. The predicted molar refractivity (Wildman–Crippen MR) is 135 cm³/mol. The highest BCUT2D eigenvalue weighted by Crippen LogP contribution is 2.40. The second-order valence-electron chi connectivity index (χ2n) is 9.69. The number of alkyl halides is 3. The van der Waals surface area contributed by atoms with Crippen LogP contribution in [0.15, 0.2) is 42.5 Å². The van der Waals surface area contributed by atoms with Gasteiger partial charge in [0.2, 0.25) is 5.91 Å². The average molecular weight is 547 g/mol. The number of aryl methyl sites for hydroxylation is 2. The summed E-state index contributed by atoms with van der Waals surface area (Å²) in [4.78, 5) is 51.5. The molecule has 2 atom stereocenters. The Morgan fingerprint density at radius 1 is 1.13 bits per heavy atom. The van der Waals surface area contributed by atoms with E-state index in [2.05, 4.69) is 10.6 Å². The number of urea groups is 1. The number of amides is 4. The number of halogens is 3. The van der Waals surface area contributed by atoms with Gasteiger partial charge in [0.15, 0.2) is 11.9 Å². The third-order valence-corrected chi connectivity index (χ3v) is 7.18. The molecular weight excluding hydrogens is 517 g/mol. The first kappa shape index (κ1) is 27.9. The number of carbonyl (C=O) groups excluding carboxylic acids is 4. The van der Waals surface area contributed by atoms with Crippen molar-refractivity contribution in [2.45, 2.75) is 50.0 Å². The number of anilines is 1. The van der Waals surface area contributed by atoms with Crippen molar-refractivity contribution in [3.63, 3.8) is 0 Å². The largest absolute Gasteiger partial charge is 0.430 e. The standard InChI is InChI=1S/C27H29F3N4O5/c1-31-24(37)32-20-8-9-21-18(13-20)11-12-26(21,16-35)39-25(38)33(2)15-23(36)34-14-19-6-4-3-5-17(19)7-10-22(34)27(28,29)30/h3-6,8-9,13,16,22H,7,10-12,14-15H2,1-2H3,(H2,31,32,37)/t22-,26+/m0/s1. The van der Waals surface area contributed by atoms with Gasteiger partial charge < -0.3 is 25.2 Å². The van der Waals surface area contributed by atoms with Crippen molar-refractivity contribution >= 4 is 30.0 Å². The molecule has 4 rings (SSSR count). The van der Waals surface area contributed by atoms with Gasteiger partial charge in [-0.15, -0.1) is 0 Å².